The van der Waals surface area contributed by atoms with E-state index in [0.29, 0.717) is 11.3 Å². The van der Waals surface area contributed by atoms with Crippen LogP contribution >= 0.6 is 0 Å². The lowest BCUT2D eigenvalue weighted by Crippen LogP contribution is -2.45. The molecule has 0 radical (unpaired) electrons. The summed E-state index contributed by atoms with van der Waals surface area (Å²) < 4.78 is 16.3. The van der Waals surface area contributed by atoms with Crippen molar-refractivity contribution in [3.8, 4) is 0 Å². The van der Waals surface area contributed by atoms with Crippen LogP contribution in [0.3, 0.4) is 0 Å². The van der Waals surface area contributed by atoms with E-state index in [1.807, 2.05) is 13.2 Å². The summed E-state index contributed by atoms with van der Waals surface area (Å²) in [6.07, 6.45) is 4.27. The van der Waals surface area contributed by atoms with Crippen LogP contribution in [0, 0.1) is 11.3 Å². The van der Waals surface area contributed by atoms with Crippen molar-refractivity contribution in [2.75, 3.05) is 60.2 Å². The maximum absolute atomic E-state index is 5.53. The Balaban J connectivity index is 1.57. The molecule has 23 heavy (non-hydrogen) atoms. The van der Waals surface area contributed by atoms with Gasteiger partial charge in [-0.15, -0.1) is 0 Å². The fraction of sp³-hybridized carbons (Fsp3) is 0.778. The third-order valence-corrected chi connectivity index (χ3v) is 5.67. The van der Waals surface area contributed by atoms with Gasteiger partial charge >= 0.3 is 0 Å². The van der Waals surface area contributed by atoms with Gasteiger partial charge in [0.15, 0.2) is 0 Å². The highest BCUT2D eigenvalue weighted by Gasteiger charge is 2.47. The highest BCUT2D eigenvalue weighted by Crippen LogP contribution is 2.44. The van der Waals surface area contributed by atoms with E-state index in [1.54, 1.807) is 13.4 Å². The van der Waals surface area contributed by atoms with Gasteiger partial charge in [0.25, 0.3) is 0 Å². The summed E-state index contributed by atoms with van der Waals surface area (Å²) in [4.78, 5) is 5.08. The molecule has 0 N–H and O–H groups in total. The van der Waals surface area contributed by atoms with Crippen molar-refractivity contribution < 1.29 is 13.9 Å². The second-order valence-corrected chi connectivity index (χ2v) is 7.10. The van der Waals surface area contributed by atoms with Crippen molar-refractivity contribution in [2.45, 2.75) is 19.4 Å². The number of furan rings is 1. The molecule has 2 aliphatic rings. The third kappa shape index (κ3) is 3.97. The van der Waals surface area contributed by atoms with Crippen LogP contribution in [0.15, 0.2) is 22.8 Å². The summed E-state index contributed by atoms with van der Waals surface area (Å²) in [6, 6.07) is 4.04. The molecule has 0 amide bonds. The zero-order valence-corrected chi connectivity index (χ0v) is 14.5. The Labute approximate surface area is 139 Å². The Hall–Kier alpha value is -0.880. The van der Waals surface area contributed by atoms with E-state index in [4.69, 9.17) is 13.9 Å². The van der Waals surface area contributed by atoms with Gasteiger partial charge in [0.05, 0.1) is 26.0 Å². The number of piperidine rings is 1. The predicted octanol–water partition coefficient (Wildman–Crippen LogP) is 2.09. The van der Waals surface area contributed by atoms with Crippen LogP contribution in [0.2, 0.25) is 0 Å². The summed E-state index contributed by atoms with van der Waals surface area (Å²) in [7, 11) is 3.61. The van der Waals surface area contributed by atoms with Crippen LogP contribution in [-0.4, -0.2) is 70.0 Å². The second kappa shape index (κ2) is 7.79. The van der Waals surface area contributed by atoms with Crippen LogP contribution in [-0.2, 0) is 16.0 Å². The molecular formula is C18H30N2O3. The Morgan fingerprint density at radius 3 is 2.70 bits per heavy atom. The van der Waals surface area contributed by atoms with Crippen LogP contribution in [0.1, 0.15) is 18.6 Å². The predicted molar refractivity (Wildman–Crippen MR) is 89.3 cm³/mol. The minimum atomic E-state index is 0.420. The van der Waals surface area contributed by atoms with Crippen molar-refractivity contribution in [3.05, 3.63) is 24.2 Å². The van der Waals surface area contributed by atoms with Crippen molar-refractivity contribution in [1.82, 2.24) is 9.80 Å². The molecule has 1 aromatic rings. The fourth-order valence-corrected chi connectivity index (χ4v) is 4.31. The smallest absolute Gasteiger partial charge is 0.117 e. The first-order chi connectivity index (χ1) is 11.3. The highest BCUT2D eigenvalue weighted by atomic mass is 16.5. The first-order valence-corrected chi connectivity index (χ1v) is 8.71. The van der Waals surface area contributed by atoms with Crippen LogP contribution in [0.5, 0.6) is 0 Å². The normalized spacial score (nSPS) is 25.4. The maximum atomic E-state index is 5.53. The molecule has 0 aliphatic carbocycles. The molecular weight excluding hydrogens is 292 g/mol. The van der Waals surface area contributed by atoms with Gasteiger partial charge in [0, 0.05) is 39.8 Å². The van der Waals surface area contributed by atoms with E-state index >= 15 is 0 Å². The molecule has 5 nitrogen and oxygen atoms in total. The van der Waals surface area contributed by atoms with E-state index in [9.17, 15) is 0 Å². The van der Waals surface area contributed by atoms with Crippen molar-refractivity contribution in [1.29, 1.82) is 0 Å². The largest absolute Gasteiger partial charge is 0.468 e. The van der Waals surface area contributed by atoms with E-state index in [1.165, 1.54) is 19.4 Å². The lowest BCUT2D eigenvalue weighted by atomic mass is 9.71. The molecule has 0 unspecified atom stereocenters. The van der Waals surface area contributed by atoms with Crippen LogP contribution < -0.4 is 0 Å². The summed E-state index contributed by atoms with van der Waals surface area (Å²) in [5.41, 5.74) is 0.420. The molecule has 1 atom stereocenters. The molecule has 3 heterocycles. The summed E-state index contributed by atoms with van der Waals surface area (Å²) >= 11 is 0. The molecule has 2 aliphatic heterocycles. The average Bonchev–Trinajstić information content (AvgIpc) is 3.17. The van der Waals surface area contributed by atoms with Gasteiger partial charge < -0.3 is 18.8 Å². The van der Waals surface area contributed by atoms with Crippen LogP contribution in [0.25, 0.3) is 0 Å². The Kier molecular flexibility index (Phi) is 5.75. The molecule has 1 aromatic heterocycles. The molecule has 0 aromatic carbocycles. The average molecular weight is 322 g/mol. The van der Waals surface area contributed by atoms with Gasteiger partial charge in [-0.2, -0.15) is 0 Å². The highest BCUT2D eigenvalue weighted by molar-refractivity contribution is 5.02. The minimum absolute atomic E-state index is 0.420. The Bertz CT molecular complexity index is 455. The number of likely N-dealkylation sites (tertiary alicyclic amines) is 2. The van der Waals surface area contributed by atoms with Gasteiger partial charge in [-0.25, -0.2) is 0 Å². The van der Waals surface area contributed by atoms with Gasteiger partial charge in [0.1, 0.15) is 5.76 Å². The SMILES string of the molecule is COCCN1C[C@@H](COC)C2(CCN(Cc3ccco3)CC2)C1. The Morgan fingerprint density at radius 2 is 2.04 bits per heavy atom. The summed E-state index contributed by atoms with van der Waals surface area (Å²) in [5, 5.41) is 0. The standard InChI is InChI=1S/C18H30N2O3/c1-21-11-9-20-12-16(14-22-2)18(15-20)5-7-19(8-6-18)13-17-4-3-10-23-17/h3-4,10,16H,5-9,11-15H2,1-2H3/t16-/m0/s1. The van der Waals surface area contributed by atoms with Gasteiger partial charge in [-0.3, -0.25) is 4.90 Å². The van der Waals surface area contributed by atoms with Gasteiger partial charge in [-0.1, -0.05) is 0 Å². The molecule has 2 saturated heterocycles. The van der Waals surface area contributed by atoms with E-state index < -0.39 is 0 Å². The maximum Gasteiger partial charge on any atom is 0.117 e. The Morgan fingerprint density at radius 1 is 1.22 bits per heavy atom. The number of hydrogen-bond donors (Lipinski definition) is 0. The quantitative estimate of drug-likeness (QED) is 0.768. The van der Waals surface area contributed by atoms with Crippen molar-refractivity contribution in [3.63, 3.8) is 0 Å². The molecule has 130 valence electrons. The molecule has 2 fully saturated rings. The zero-order chi connectivity index (χ0) is 16.1. The molecule has 1 spiro atoms. The van der Waals surface area contributed by atoms with E-state index in [-0.39, 0.29) is 0 Å². The lowest BCUT2D eigenvalue weighted by molar-refractivity contribution is 0.0329. The number of ether oxygens (including phenoxy) is 2. The van der Waals surface area contributed by atoms with Crippen molar-refractivity contribution >= 4 is 0 Å². The number of hydrogen-bond acceptors (Lipinski definition) is 5. The summed E-state index contributed by atoms with van der Waals surface area (Å²) in [5.74, 6) is 1.72. The van der Waals surface area contributed by atoms with Crippen LogP contribution in [0.4, 0.5) is 0 Å². The molecule has 3 rings (SSSR count). The lowest BCUT2D eigenvalue weighted by Gasteiger charge is -2.42. The molecule has 0 saturated carbocycles. The first kappa shape index (κ1) is 17.0. The summed E-state index contributed by atoms with van der Waals surface area (Å²) in [6.45, 7) is 8.31. The fourth-order valence-electron chi connectivity index (χ4n) is 4.31. The van der Waals surface area contributed by atoms with E-state index in [2.05, 4.69) is 15.9 Å². The topological polar surface area (TPSA) is 38.1 Å². The monoisotopic (exact) mass is 322 g/mol. The number of methoxy groups -OCH3 is 2. The van der Waals surface area contributed by atoms with Crippen molar-refractivity contribution in [2.24, 2.45) is 11.3 Å². The van der Waals surface area contributed by atoms with E-state index in [0.717, 1.165) is 51.7 Å². The molecule has 5 heteroatoms. The van der Waals surface area contributed by atoms with Gasteiger partial charge in [-0.05, 0) is 43.5 Å². The zero-order valence-electron chi connectivity index (χ0n) is 14.5. The number of rotatable bonds is 7. The van der Waals surface area contributed by atoms with Gasteiger partial charge in [0.2, 0.25) is 0 Å². The first-order valence-electron chi connectivity index (χ1n) is 8.71. The molecule has 0 bridgehead atoms. The minimum Gasteiger partial charge on any atom is -0.468 e. The number of nitrogens with zero attached hydrogens (tertiary/aromatic N) is 2. The third-order valence-electron chi connectivity index (χ3n) is 5.67. The second-order valence-electron chi connectivity index (χ2n) is 7.10.